The van der Waals surface area contributed by atoms with Crippen LogP contribution < -0.4 is 0 Å². The third-order valence-corrected chi connectivity index (χ3v) is 2.36. The first-order valence-electron chi connectivity index (χ1n) is 3.62. The molecule has 0 aromatic heterocycles. The number of aliphatic imine (C=N–C) groups is 1. The normalized spacial score (nSPS) is 17.4. The van der Waals surface area contributed by atoms with Gasteiger partial charge in [-0.2, -0.15) is 0 Å². The number of rotatable bonds is 0. The van der Waals surface area contributed by atoms with Gasteiger partial charge in [0.25, 0.3) is 0 Å². The van der Waals surface area contributed by atoms with Crippen molar-refractivity contribution >= 4 is 22.1 Å². The molecule has 0 radical (unpaired) electrons. The van der Waals surface area contributed by atoms with Crippen molar-refractivity contribution in [1.29, 1.82) is 0 Å². The highest BCUT2D eigenvalue weighted by Crippen LogP contribution is 2.17. The Kier molecular flexibility index (Phi) is 3.42. The van der Waals surface area contributed by atoms with Crippen molar-refractivity contribution in [3.05, 3.63) is 0 Å². The highest BCUT2D eigenvalue weighted by Gasteiger charge is 2.10. The van der Waals surface area contributed by atoms with Gasteiger partial charge < -0.3 is 4.74 Å². The molecule has 4 heteroatoms. The van der Waals surface area contributed by atoms with Gasteiger partial charge in [-0.25, -0.2) is 4.79 Å². The molecule has 0 N–H and O–H groups in total. The summed E-state index contributed by atoms with van der Waals surface area (Å²) in [6.07, 6.45) is 3.22. The third-order valence-electron chi connectivity index (χ3n) is 1.45. The summed E-state index contributed by atoms with van der Waals surface area (Å²) in [5.74, 6) is 0. The van der Waals surface area contributed by atoms with Crippen molar-refractivity contribution in [1.82, 2.24) is 0 Å². The van der Waals surface area contributed by atoms with Gasteiger partial charge in [-0.05, 0) is 19.3 Å². The summed E-state index contributed by atoms with van der Waals surface area (Å²) in [5.41, 5.74) is 0. The van der Waals surface area contributed by atoms with Crippen molar-refractivity contribution in [2.75, 3.05) is 13.7 Å². The van der Waals surface area contributed by atoms with Gasteiger partial charge in [0, 0.05) is 18.3 Å². The maximum atomic E-state index is 10.7. The van der Waals surface area contributed by atoms with Gasteiger partial charge in [0.1, 0.15) is 0 Å². The van der Waals surface area contributed by atoms with Crippen molar-refractivity contribution in [3.8, 4) is 0 Å². The smallest absolute Gasteiger partial charge is 0.373 e. The molecule has 1 heterocycles. The second-order valence-electron chi connectivity index (χ2n) is 2.29. The third kappa shape index (κ3) is 2.93. The number of methoxy groups -OCH3 is 1. The van der Waals surface area contributed by atoms with Crippen LogP contribution in [0.15, 0.2) is 4.99 Å². The zero-order valence-electron chi connectivity index (χ0n) is 6.50. The van der Waals surface area contributed by atoms with Gasteiger partial charge in [-0.1, -0.05) is 0 Å². The first kappa shape index (κ1) is 8.59. The SMILES string of the molecule is COC(=O)SC1=NCCCC1. The predicted molar refractivity (Wildman–Crippen MR) is 46.1 cm³/mol. The number of ether oxygens (including phenoxy) is 1. The fourth-order valence-electron chi connectivity index (χ4n) is 0.892. The molecule has 0 bridgehead atoms. The Morgan fingerprint density at radius 3 is 3.00 bits per heavy atom. The summed E-state index contributed by atoms with van der Waals surface area (Å²) in [5, 5.41) is 0.661. The molecule has 62 valence electrons. The van der Waals surface area contributed by atoms with E-state index in [-0.39, 0.29) is 5.30 Å². The maximum Gasteiger partial charge on any atom is 0.373 e. The molecule has 0 aromatic rings. The van der Waals surface area contributed by atoms with E-state index in [2.05, 4.69) is 9.73 Å². The van der Waals surface area contributed by atoms with Crippen molar-refractivity contribution in [2.45, 2.75) is 19.3 Å². The lowest BCUT2D eigenvalue weighted by Gasteiger charge is -2.08. The standard InChI is InChI=1S/C7H11NO2S/c1-10-7(9)11-6-4-2-3-5-8-6/h2-5H2,1H3. The van der Waals surface area contributed by atoms with Gasteiger partial charge >= 0.3 is 5.30 Å². The average Bonchev–Trinajstić information content (AvgIpc) is 2.06. The van der Waals surface area contributed by atoms with E-state index in [0.717, 1.165) is 42.6 Å². The number of hydrogen-bond acceptors (Lipinski definition) is 4. The van der Waals surface area contributed by atoms with Crippen LogP contribution in [0.4, 0.5) is 4.79 Å². The minimum absolute atomic E-state index is 0.259. The van der Waals surface area contributed by atoms with Gasteiger partial charge in [-0.3, -0.25) is 4.99 Å². The van der Waals surface area contributed by atoms with Crippen LogP contribution >= 0.6 is 11.8 Å². The largest absolute Gasteiger partial charge is 0.461 e. The Labute approximate surface area is 70.2 Å². The van der Waals surface area contributed by atoms with Crippen LogP contribution in [0.3, 0.4) is 0 Å². The first-order chi connectivity index (χ1) is 5.33. The Balaban J connectivity index is 2.35. The Morgan fingerprint density at radius 1 is 1.64 bits per heavy atom. The fourth-order valence-corrected chi connectivity index (χ4v) is 1.57. The number of hydrogen-bond donors (Lipinski definition) is 0. The summed E-state index contributed by atoms with van der Waals surface area (Å²) in [6, 6.07) is 0. The van der Waals surface area contributed by atoms with Crippen molar-refractivity contribution in [2.24, 2.45) is 4.99 Å². The lowest BCUT2D eigenvalue weighted by Crippen LogP contribution is -2.05. The van der Waals surface area contributed by atoms with E-state index in [1.807, 2.05) is 0 Å². The molecule has 0 aliphatic carbocycles. The summed E-state index contributed by atoms with van der Waals surface area (Å²) in [6.45, 7) is 0.860. The van der Waals surface area contributed by atoms with Crippen molar-refractivity contribution in [3.63, 3.8) is 0 Å². The molecule has 1 aliphatic heterocycles. The molecule has 0 atom stereocenters. The highest BCUT2D eigenvalue weighted by atomic mass is 32.2. The number of nitrogens with zero attached hydrogens (tertiary/aromatic N) is 1. The van der Waals surface area contributed by atoms with Crippen LogP contribution in [0, 0.1) is 0 Å². The summed E-state index contributed by atoms with van der Waals surface area (Å²) in [7, 11) is 1.39. The van der Waals surface area contributed by atoms with E-state index in [1.165, 1.54) is 7.11 Å². The lowest BCUT2D eigenvalue weighted by molar-refractivity contribution is 0.200. The number of thioether (sulfide) groups is 1. The molecular weight excluding hydrogens is 162 g/mol. The van der Waals surface area contributed by atoms with E-state index < -0.39 is 0 Å². The molecule has 0 spiro atoms. The average molecular weight is 173 g/mol. The maximum absolute atomic E-state index is 10.7. The molecule has 3 nitrogen and oxygen atoms in total. The second kappa shape index (κ2) is 4.38. The van der Waals surface area contributed by atoms with E-state index in [1.54, 1.807) is 0 Å². The molecular formula is C7H11NO2S. The van der Waals surface area contributed by atoms with Crippen LogP contribution in [0.25, 0.3) is 0 Å². The molecule has 0 fully saturated rings. The monoisotopic (exact) mass is 173 g/mol. The molecule has 1 rings (SSSR count). The Bertz CT molecular complexity index is 179. The number of carbonyl (C=O) groups excluding carboxylic acids is 1. The predicted octanol–water partition coefficient (Wildman–Crippen LogP) is 2.07. The van der Waals surface area contributed by atoms with Gasteiger partial charge in [-0.15, -0.1) is 0 Å². The molecule has 0 aromatic carbocycles. The minimum atomic E-state index is -0.259. The van der Waals surface area contributed by atoms with Crippen molar-refractivity contribution < 1.29 is 9.53 Å². The molecule has 0 saturated carbocycles. The zero-order valence-corrected chi connectivity index (χ0v) is 7.32. The quantitative estimate of drug-likeness (QED) is 0.526. The molecule has 1 aliphatic rings. The second-order valence-corrected chi connectivity index (χ2v) is 3.30. The van der Waals surface area contributed by atoms with E-state index in [4.69, 9.17) is 0 Å². The van der Waals surface area contributed by atoms with Crippen LogP contribution in [0.5, 0.6) is 0 Å². The summed E-state index contributed by atoms with van der Waals surface area (Å²) in [4.78, 5) is 14.9. The van der Waals surface area contributed by atoms with Crippen LogP contribution in [0.1, 0.15) is 19.3 Å². The topological polar surface area (TPSA) is 38.7 Å². The van der Waals surface area contributed by atoms with Crippen LogP contribution in [-0.4, -0.2) is 24.0 Å². The fraction of sp³-hybridized carbons (Fsp3) is 0.714. The molecule has 0 unspecified atom stereocenters. The highest BCUT2D eigenvalue weighted by molar-refractivity contribution is 8.26. The molecule has 0 saturated heterocycles. The first-order valence-corrected chi connectivity index (χ1v) is 4.43. The van der Waals surface area contributed by atoms with Gasteiger partial charge in [0.05, 0.1) is 12.2 Å². The summed E-state index contributed by atoms with van der Waals surface area (Å²) >= 11 is 1.11. The van der Waals surface area contributed by atoms with E-state index >= 15 is 0 Å². The molecule has 11 heavy (non-hydrogen) atoms. The van der Waals surface area contributed by atoms with E-state index in [0.29, 0.717) is 0 Å². The Morgan fingerprint density at radius 2 is 2.45 bits per heavy atom. The zero-order chi connectivity index (χ0) is 8.10. The number of carbonyl (C=O) groups is 1. The molecule has 0 amide bonds. The van der Waals surface area contributed by atoms with Crippen LogP contribution in [-0.2, 0) is 4.74 Å². The lowest BCUT2D eigenvalue weighted by atomic mass is 10.2. The van der Waals surface area contributed by atoms with Gasteiger partial charge in [0.15, 0.2) is 0 Å². The van der Waals surface area contributed by atoms with Gasteiger partial charge in [0.2, 0.25) is 0 Å². The van der Waals surface area contributed by atoms with Crippen LogP contribution in [0.2, 0.25) is 0 Å². The minimum Gasteiger partial charge on any atom is -0.461 e. The Hall–Kier alpha value is -0.510. The van der Waals surface area contributed by atoms with E-state index in [9.17, 15) is 4.79 Å². The summed E-state index contributed by atoms with van der Waals surface area (Å²) < 4.78 is 4.50.